The second-order valence-electron chi connectivity index (χ2n) is 8.57. The smallest absolute Gasteiger partial charge is 0.256 e. The number of halogens is 2. The summed E-state index contributed by atoms with van der Waals surface area (Å²) >= 11 is 0. The van der Waals surface area contributed by atoms with Crippen LogP contribution >= 0.6 is 0 Å². The third kappa shape index (κ3) is 5.03. The zero-order valence-electron chi connectivity index (χ0n) is 19.0. The molecule has 0 aromatic heterocycles. The number of benzene rings is 2. The Morgan fingerprint density at radius 2 is 1.79 bits per heavy atom. The van der Waals surface area contributed by atoms with Gasteiger partial charge in [0.15, 0.2) is 0 Å². The summed E-state index contributed by atoms with van der Waals surface area (Å²) in [6.07, 6.45) is 3.11. The van der Waals surface area contributed by atoms with Crippen LogP contribution < -0.4 is 15.0 Å². The maximum Gasteiger partial charge on any atom is 0.256 e. The van der Waals surface area contributed by atoms with Crippen molar-refractivity contribution in [1.82, 2.24) is 4.90 Å². The van der Waals surface area contributed by atoms with Crippen LogP contribution in [0.1, 0.15) is 42.5 Å². The van der Waals surface area contributed by atoms with Gasteiger partial charge in [-0.2, -0.15) is 0 Å². The largest absolute Gasteiger partial charge is 0.495 e. The molecule has 0 spiro atoms. The fourth-order valence-corrected chi connectivity index (χ4v) is 4.46. The molecule has 0 saturated carbocycles. The molecule has 0 radical (unpaired) electrons. The Balaban J connectivity index is 1.39. The van der Waals surface area contributed by atoms with Gasteiger partial charge in [0.25, 0.3) is 5.91 Å². The molecular weight excluding hydrogens is 444 g/mol. The van der Waals surface area contributed by atoms with E-state index < -0.39 is 17.5 Å². The summed E-state index contributed by atoms with van der Waals surface area (Å²) in [5.41, 5.74) is 1.01. The van der Waals surface area contributed by atoms with Crippen LogP contribution in [-0.4, -0.2) is 49.4 Å². The number of carbonyl (C=O) groups is 3. The highest BCUT2D eigenvalue weighted by atomic mass is 19.1. The van der Waals surface area contributed by atoms with Crippen LogP contribution in [0.2, 0.25) is 0 Å². The molecule has 34 heavy (non-hydrogen) atoms. The van der Waals surface area contributed by atoms with Gasteiger partial charge in [-0.25, -0.2) is 8.78 Å². The maximum absolute atomic E-state index is 14.0. The van der Waals surface area contributed by atoms with E-state index in [-0.39, 0.29) is 23.3 Å². The van der Waals surface area contributed by atoms with E-state index in [0.29, 0.717) is 62.1 Å². The van der Waals surface area contributed by atoms with Gasteiger partial charge in [-0.15, -0.1) is 0 Å². The van der Waals surface area contributed by atoms with E-state index in [1.165, 1.54) is 4.90 Å². The topological polar surface area (TPSA) is 79.0 Å². The van der Waals surface area contributed by atoms with Crippen LogP contribution in [0.3, 0.4) is 0 Å². The highest BCUT2D eigenvalue weighted by molar-refractivity contribution is 5.98. The lowest BCUT2D eigenvalue weighted by Gasteiger charge is -2.31. The Kier molecular flexibility index (Phi) is 7.09. The van der Waals surface area contributed by atoms with Gasteiger partial charge in [0.1, 0.15) is 17.4 Å². The van der Waals surface area contributed by atoms with E-state index in [1.807, 2.05) is 0 Å². The van der Waals surface area contributed by atoms with Crippen molar-refractivity contribution < 1.29 is 27.9 Å². The first-order valence-electron chi connectivity index (χ1n) is 11.4. The van der Waals surface area contributed by atoms with Crippen LogP contribution in [0, 0.1) is 17.6 Å². The summed E-state index contributed by atoms with van der Waals surface area (Å²) in [6.45, 7) is 1.20. The number of nitrogens with zero attached hydrogens (tertiary/aromatic N) is 2. The first-order chi connectivity index (χ1) is 16.4. The van der Waals surface area contributed by atoms with Crippen molar-refractivity contribution in [2.75, 3.05) is 37.0 Å². The molecular formula is C25H27F2N3O4. The van der Waals surface area contributed by atoms with Crippen molar-refractivity contribution in [3.05, 3.63) is 53.6 Å². The normalized spacial score (nSPS) is 17.0. The number of carbonyl (C=O) groups excluding carboxylic acids is 3. The molecule has 2 aliphatic heterocycles. The summed E-state index contributed by atoms with van der Waals surface area (Å²) in [5, 5.41) is 2.91. The fraction of sp³-hybridized carbons (Fsp3) is 0.400. The average molecular weight is 472 g/mol. The minimum atomic E-state index is -0.896. The number of methoxy groups -OCH3 is 1. The molecule has 0 atom stereocenters. The van der Waals surface area contributed by atoms with E-state index in [0.717, 1.165) is 25.0 Å². The van der Waals surface area contributed by atoms with Gasteiger partial charge in [0, 0.05) is 43.7 Å². The number of hydrogen-bond acceptors (Lipinski definition) is 4. The van der Waals surface area contributed by atoms with Gasteiger partial charge in [-0.3, -0.25) is 14.4 Å². The molecule has 2 saturated heterocycles. The third-order valence-corrected chi connectivity index (χ3v) is 6.38. The number of anilines is 2. The van der Waals surface area contributed by atoms with Crippen molar-refractivity contribution >= 4 is 29.1 Å². The molecule has 2 aromatic carbocycles. The second-order valence-corrected chi connectivity index (χ2v) is 8.57. The van der Waals surface area contributed by atoms with Gasteiger partial charge in [0.2, 0.25) is 11.8 Å². The Bertz CT molecular complexity index is 1100. The first kappa shape index (κ1) is 23.7. The lowest BCUT2D eigenvalue weighted by molar-refractivity contribution is -0.121. The highest BCUT2D eigenvalue weighted by Crippen LogP contribution is 2.34. The lowest BCUT2D eigenvalue weighted by atomic mass is 9.95. The van der Waals surface area contributed by atoms with Crippen molar-refractivity contribution in [2.45, 2.75) is 32.1 Å². The molecule has 2 fully saturated rings. The number of piperidine rings is 2. The third-order valence-electron chi connectivity index (χ3n) is 6.38. The number of ether oxygens (including phenoxy) is 1. The molecule has 2 aromatic rings. The monoisotopic (exact) mass is 471 g/mol. The number of rotatable bonds is 5. The Hall–Kier alpha value is -3.49. The molecule has 0 aliphatic carbocycles. The minimum absolute atomic E-state index is 0.0302. The summed E-state index contributed by atoms with van der Waals surface area (Å²) in [5.74, 6) is -2.05. The van der Waals surface area contributed by atoms with Crippen LogP contribution in [0.5, 0.6) is 5.75 Å². The molecule has 0 unspecified atom stereocenters. The van der Waals surface area contributed by atoms with Crippen molar-refractivity contribution in [3.8, 4) is 5.75 Å². The quantitative estimate of drug-likeness (QED) is 0.716. The number of likely N-dealkylation sites (tertiary alicyclic amines) is 1. The minimum Gasteiger partial charge on any atom is -0.495 e. The predicted molar refractivity (Wildman–Crippen MR) is 123 cm³/mol. The van der Waals surface area contributed by atoms with Crippen LogP contribution in [-0.2, 0) is 9.59 Å². The molecule has 180 valence electrons. The van der Waals surface area contributed by atoms with Gasteiger partial charge < -0.3 is 19.9 Å². The maximum atomic E-state index is 14.0. The van der Waals surface area contributed by atoms with Gasteiger partial charge in [0.05, 0.1) is 18.4 Å². The van der Waals surface area contributed by atoms with Crippen LogP contribution in [0.4, 0.5) is 20.2 Å². The summed E-state index contributed by atoms with van der Waals surface area (Å²) in [6, 6.07) is 8.08. The van der Waals surface area contributed by atoms with E-state index in [9.17, 15) is 23.2 Å². The highest BCUT2D eigenvalue weighted by Gasteiger charge is 2.29. The first-order valence-corrected chi connectivity index (χ1v) is 11.4. The standard InChI is InChI=1S/C25H27F2N3O4/c1-34-22-8-6-18(15-21(22)30-11-3-2-4-23(30)31)28-24(32)16-9-12-29(13-10-16)25(33)19-7-5-17(26)14-20(19)27/h5-8,14-16H,2-4,9-13H2,1H3,(H,28,32). The molecule has 2 aliphatic rings. The summed E-state index contributed by atoms with van der Waals surface area (Å²) in [4.78, 5) is 41.0. The molecule has 2 heterocycles. The average Bonchev–Trinajstić information content (AvgIpc) is 2.84. The van der Waals surface area contributed by atoms with Gasteiger partial charge in [-0.1, -0.05) is 0 Å². The zero-order chi connectivity index (χ0) is 24.2. The molecule has 7 nitrogen and oxygen atoms in total. The number of hydrogen-bond donors (Lipinski definition) is 1. The van der Waals surface area contributed by atoms with Crippen LogP contribution in [0.15, 0.2) is 36.4 Å². The Morgan fingerprint density at radius 3 is 2.47 bits per heavy atom. The van der Waals surface area contributed by atoms with Crippen LogP contribution in [0.25, 0.3) is 0 Å². The second kappa shape index (κ2) is 10.2. The van der Waals surface area contributed by atoms with Gasteiger partial charge in [-0.05, 0) is 56.0 Å². The fourth-order valence-electron chi connectivity index (χ4n) is 4.46. The van der Waals surface area contributed by atoms with E-state index >= 15 is 0 Å². The van der Waals surface area contributed by atoms with Crippen molar-refractivity contribution in [1.29, 1.82) is 0 Å². The molecule has 3 amide bonds. The van der Waals surface area contributed by atoms with E-state index in [1.54, 1.807) is 30.2 Å². The zero-order valence-corrected chi connectivity index (χ0v) is 19.0. The SMILES string of the molecule is COc1ccc(NC(=O)C2CCN(C(=O)c3ccc(F)cc3F)CC2)cc1N1CCCCC1=O. The number of nitrogens with one attached hydrogen (secondary N) is 1. The Morgan fingerprint density at radius 1 is 1.03 bits per heavy atom. The number of amides is 3. The molecule has 1 N–H and O–H groups in total. The predicted octanol–water partition coefficient (Wildman–Crippen LogP) is 3.98. The lowest BCUT2D eigenvalue weighted by Crippen LogP contribution is -2.41. The van der Waals surface area contributed by atoms with Crippen molar-refractivity contribution in [3.63, 3.8) is 0 Å². The Labute approximate surface area is 196 Å². The van der Waals surface area contributed by atoms with E-state index in [4.69, 9.17) is 4.74 Å². The molecule has 4 rings (SSSR count). The summed E-state index contributed by atoms with van der Waals surface area (Å²) in [7, 11) is 1.54. The van der Waals surface area contributed by atoms with Crippen molar-refractivity contribution in [2.24, 2.45) is 5.92 Å². The molecule has 0 bridgehead atoms. The van der Waals surface area contributed by atoms with Gasteiger partial charge >= 0.3 is 0 Å². The van der Waals surface area contributed by atoms with E-state index in [2.05, 4.69) is 5.32 Å². The summed E-state index contributed by atoms with van der Waals surface area (Å²) < 4.78 is 32.5. The molecule has 9 heteroatoms.